The molecule has 0 saturated carbocycles. The normalized spacial score (nSPS) is 11.8. The predicted molar refractivity (Wildman–Crippen MR) is 135 cm³/mol. The number of benzene rings is 1. The number of nitrogens with zero attached hydrogens (tertiary/aromatic N) is 2. The highest BCUT2D eigenvalue weighted by Crippen LogP contribution is 2.34. The summed E-state index contributed by atoms with van der Waals surface area (Å²) in [4.78, 5) is 27.3. The Kier molecular flexibility index (Phi) is 6.69. The number of Topliss-reactive ketones (excluding diaryl/α,β-unsaturated/α-hetero) is 1. The minimum Gasteiger partial charge on any atom is -0.345 e. The van der Waals surface area contributed by atoms with Gasteiger partial charge in [-0.25, -0.2) is 4.98 Å². The van der Waals surface area contributed by atoms with Crippen LogP contribution in [0.1, 0.15) is 38.5 Å². The minimum atomic E-state index is -4.37. The van der Waals surface area contributed by atoms with Crippen molar-refractivity contribution in [2.75, 3.05) is 0 Å². The highest BCUT2D eigenvalue weighted by molar-refractivity contribution is 7.15. The first-order valence-electron chi connectivity index (χ1n) is 11.5. The van der Waals surface area contributed by atoms with Gasteiger partial charge in [0.25, 0.3) is 0 Å². The molecule has 0 bridgehead atoms. The van der Waals surface area contributed by atoms with Crippen LogP contribution in [0, 0.1) is 0 Å². The van der Waals surface area contributed by atoms with Gasteiger partial charge >= 0.3 is 6.18 Å². The Balaban J connectivity index is 1.23. The summed E-state index contributed by atoms with van der Waals surface area (Å²) in [5.74, 6) is -0.0591. The van der Waals surface area contributed by atoms with Crippen LogP contribution in [-0.4, -0.2) is 20.7 Å². The fraction of sp³-hybridized carbons (Fsp3) is 0.179. The molecule has 8 heteroatoms. The molecule has 4 nitrogen and oxygen atoms in total. The van der Waals surface area contributed by atoms with Gasteiger partial charge in [-0.05, 0) is 73.4 Å². The molecule has 0 amide bonds. The van der Waals surface area contributed by atoms with E-state index in [1.807, 2.05) is 18.3 Å². The maximum absolute atomic E-state index is 12.9. The van der Waals surface area contributed by atoms with E-state index in [9.17, 15) is 18.0 Å². The first-order valence-corrected chi connectivity index (χ1v) is 12.3. The Morgan fingerprint density at radius 3 is 2.47 bits per heavy atom. The molecule has 0 unspecified atom stereocenters. The lowest BCUT2D eigenvalue weighted by atomic mass is 9.99. The minimum absolute atomic E-state index is 0.0591. The van der Waals surface area contributed by atoms with Gasteiger partial charge in [0.15, 0.2) is 5.78 Å². The van der Waals surface area contributed by atoms with Gasteiger partial charge in [0, 0.05) is 51.3 Å². The number of nitrogens with one attached hydrogen (secondary N) is 1. The van der Waals surface area contributed by atoms with Gasteiger partial charge < -0.3 is 4.98 Å². The van der Waals surface area contributed by atoms with Gasteiger partial charge in [0.05, 0.1) is 11.3 Å². The van der Waals surface area contributed by atoms with Crippen LogP contribution >= 0.6 is 11.3 Å². The maximum atomic E-state index is 12.9. The number of ketones is 1. The van der Waals surface area contributed by atoms with Gasteiger partial charge in [-0.15, -0.1) is 11.3 Å². The summed E-state index contributed by atoms with van der Waals surface area (Å²) < 4.78 is 38.3. The van der Waals surface area contributed by atoms with E-state index in [1.165, 1.54) is 17.0 Å². The van der Waals surface area contributed by atoms with E-state index in [-0.39, 0.29) is 12.2 Å². The van der Waals surface area contributed by atoms with Crippen LogP contribution in [0.2, 0.25) is 0 Å². The number of carbonyl (C=O) groups excluding carboxylic acids is 1. The molecule has 0 radical (unpaired) electrons. The number of aromatic nitrogens is 3. The van der Waals surface area contributed by atoms with Crippen LogP contribution in [0.3, 0.4) is 0 Å². The number of aryl methyl sites for hydroxylation is 3. The van der Waals surface area contributed by atoms with Crippen molar-refractivity contribution in [1.82, 2.24) is 15.0 Å². The van der Waals surface area contributed by atoms with E-state index >= 15 is 0 Å². The monoisotopic (exact) mass is 505 g/mol. The lowest BCUT2D eigenvalue weighted by molar-refractivity contribution is -0.137. The summed E-state index contributed by atoms with van der Waals surface area (Å²) in [6, 6.07) is 16.6. The number of carbonyl (C=O) groups is 1. The number of hydrogen-bond donors (Lipinski definition) is 1. The number of rotatable bonds is 8. The molecule has 0 aliphatic rings. The molecule has 0 spiro atoms. The largest absolute Gasteiger partial charge is 0.416 e. The van der Waals surface area contributed by atoms with Crippen LogP contribution < -0.4 is 0 Å². The Morgan fingerprint density at radius 1 is 0.889 bits per heavy atom. The first kappa shape index (κ1) is 23.9. The summed E-state index contributed by atoms with van der Waals surface area (Å²) in [6.45, 7) is 0. The molecule has 5 rings (SSSR count). The number of thiophene rings is 1. The third kappa shape index (κ3) is 5.23. The van der Waals surface area contributed by atoms with Crippen molar-refractivity contribution in [2.45, 2.75) is 31.9 Å². The average Bonchev–Trinajstić information content (AvgIpc) is 3.53. The van der Waals surface area contributed by atoms with Crippen molar-refractivity contribution < 1.29 is 18.0 Å². The van der Waals surface area contributed by atoms with E-state index in [0.717, 1.165) is 45.7 Å². The second kappa shape index (κ2) is 10.1. The topological polar surface area (TPSA) is 58.6 Å². The second-order valence-electron chi connectivity index (χ2n) is 8.48. The Labute approximate surface area is 209 Å². The molecule has 1 aromatic carbocycles. The lowest BCUT2D eigenvalue weighted by Crippen LogP contribution is -2.08. The van der Waals surface area contributed by atoms with Gasteiger partial charge in [0.1, 0.15) is 5.65 Å². The van der Waals surface area contributed by atoms with Crippen molar-refractivity contribution in [3.05, 3.63) is 107 Å². The second-order valence-corrected chi connectivity index (χ2v) is 9.65. The quantitative estimate of drug-likeness (QED) is 0.225. The van der Waals surface area contributed by atoms with Gasteiger partial charge in [-0.1, -0.05) is 12.1 Å². The molecule has 0 aliphatic heterocycles. The van der Waals surface area contributed by atoms with E-state index in [2.05, 4.69) is 27.1 Å². The van der Waals surface area contributed by atoms with Crippen LogP contribution in [0.5, 0.6) is 0 Å². The summed E-state index contributed by atoms with van der Waals surface area (Å²) in [5.41, 5.74) is 3.29. The van der Waals surface area contributed by atoms with Crippen LogP contribution in [0.4, 0.5) is 13.2 Å². The highest BCUT2D eigenvalue weighted by atomic mass is 32.1. The summed E-state index contributed by atoms with van der Waals surface area (Å²) in [6.07, 6.45) is 3.01. The maximum Gasteiger partial charge on any atom is 0.416 e. The molecule has 0 fully saturated rings. The van der Waals surface area contributed by atoms with Crippen molar-refractivity contribution in [1.29, 1.82) is 0 Å². The van der Waals surface area contributed by atoms with Crippen molar-refractivity contribution >= 4 is 28.2 Å². The van der Waals surface area contributed by atoms with Gasteiger partial charge in [-0.3, -0.25) is 9.78 Å². The number of pyridine rings is 2. The van der Waals surface area contributed by atoms with Crippen LogP contribution in [-0.2, 0) is 25.4 Å². The molecule has 1 N–H and O–H groups in total. The summed E-state index contributed by atoms with van der Waals surface area (Å²) >= 11 is 1.71. The first-order chi connectivity index (χ1) is 17.4. The predicted octanol–water partition coefficient (Wildman–Crippen LogP) is 7.31. The molecule has 182 valence electrons. The third-order valence-electron chi connectivity index (χ3n) is 6.10. The number of halogens is 3. The zero-order chi connectivity index (χ0) is 25.1. The Bertz CT molecular complexity index is 1500. The third-order valence-corrected chi connectivity index (χ3v) is 7.28. The Morgan fingerprint density at radius 2 is 1.67 bits per heavy atom. The number of fused-ring (bicyclic) bond motifs is 1. The van der Waals surface area contributed by atoms with E-state index in [4.69, 9.17) is 0 Å². The summed E-state index contributed by atoms with van der Waals surface area (Å²) in [7, 11) is 0. The zero-order valence-corrected chi connectivity index (χ0v) is 20.0. The molecule has 5 aromatic rings. The molecule has 4 heterocycles. The highest BCUT2D eigenvalue weighted by Gasteiger charge is 2.29. The summed E-state index contributed by atoms with van der Waals surface area (Å²) in [5, 5.41) is 1.08. The van der Waals surface area contributed by atoms with Gasteiger partial charge in [0.2, 0.25) is 0 Å². The van der Waals surface area contributed by atoms with Crippen LogP contribution in [0.25, 0.3) is 21.5 Å². The van der Waals surface area contributed by atoms with Crippen molar-refractivity contribution in [2.24, 2.45) is 0 Å². The van der Waals surface area contributed by atoms with E-state index < -0.39 is 11.7 Å². The standard InChI is InChI=1S/C28H22F3N3OS/c29-28(30,31)19-8-5-18(6-9-19)7-13-25(35)22-4-2-15-32-24(22)12-10-20-11-14-26(36-20)23-17-34-27-21(23)3-1-16-33-27/h1-6,8-9,11,14-17H,7,10,12-13H2,(H,33,34). The average molecular weight is 506 g/mol. The smallest absolute Gasteiger partial charge is 0.345 e. The van der Waals surface area contributed by atoms with Crippen LogP contribution in [0.15, 0.2) is 79.3 Å². The van der Waals surface area contributed by atoms with E-state index in [1.54, 1.807) is 35.9 Å². The molecule has 36 heavy (non-hydrogen) atoms. The number of H-pyrrole nitrogens is 1. The molecule has 0 atom stereocenters. The molecule has 0 saturated heterocycles. The molecular formula is C28H22F3N3OS. The number of aromatic amines is 1. The number of hydrogen-bond acceptors (Lipinski definition) is 4. The molecule has 0 aliphatic carbocycles. The fourth-order valence-corrected chi connectivity index (χ4v) is 5.24. The zero-order valence-electron chi connectivity index (χ0n) is 19.2. The fourth-order valence-electron chi connectivity index (χ4n) is 4.20. The molecular weight excluding hydrogens is 483 g/mol. The number of alkyl halides is 3. The van der Waals surface area contributed by atoms with E-state index in [0.29, 0.717) is 24.0 Å². The lowest BCUT2D eigenvalue weighted by Gasteiger charge is -2.09. The Hall–Kier alpha value is -3.78. The molecule has 4 aromatic heterocycles. The SMILES string of the molecule is O=C(CCc1ccc(C(F)(F)F)cc1)c1cccnc1CCc1ccc(-c2c[nH]c3ncccc23)s1. The van der Waals surface area contributed by atoms with Crippen molar-refractivity contribution in [3.63, 3.8) is 0 Å². The van der Waals surface area contributed by atoms with Crippen molar-refractivity contribution in [3.8, 4) is 10.4 Å². The van der Waals surface area contributed by atoms with Gasteiger partial charge in [-0.2, -0.15) is 13.2 Å².